The van der Waals surface area contributed by atoms with E-state index in [9.17, 15) is 9.59 Å². The van der Waals surface area contributed by atoms with Crippen molar-refractivity contribution in [2.75, 3.05) is 0 Å². The first-order valence-corrected chi connectivity index (χ1v) is 6.16. The molecule has 1 aromatic heterocycles. The molecule has 0 bridgehead atoms. The largest absolute Gasteiger partial charge is 0.478 e. The van der Waals surface area contributed by atoms with Gasteiger partial charge in [-0.25, -0.2) is 9.78 Å². The van der Waals surface area contributed by atoms with Crippen LogP contribution in [0.25, 0.3) is 0 Å². The number of halogens is 1. The topological polar surface area (TPSA) is 79.3 Å². The van der Waals surface area contributed by atoms with Gasteiger partial charge in [-0.2, -0.15) is 0 Å². The lowest BCUT2D eigenvalue weighted by Crippen LogP contribution is -2.22. The summed E-state index contributed by atoms with van der Waals surface area (Å²) in [5, 5.41) is 11.8. The van der Waals surface area contributed by atoms with Gasteiger partial charge in [0.05, 0.1) is 11.1 Å². The number of nitrogens with one attached hydrogen (secondary N) is 1. The summed E-state index contributed by atoms with van der Waals surface area (Å²) in [6.07, 6.45) is 1.39. The van der Waals surface area contributed by atoms with Gasteiger partial charge in [-0.1, -0.05) is 23.7 Å². The molecule has 1 aromatic carbocycles. The number of carbonyl (C=O) groups excluding carboxylic acids is 1. The number of pyridine rings is 1. The fraction of sp³-hybridized carbons (Fsp3) is 0.0714. The molecule has 0 aliphatic carbocycles. The molecule has 6 heteroatoms. The van der Waals surface area contributed by atoms with E-state index in [0.29, 0.717) is 17.3 Å². The second-order valence-corrected chi connectivity index (χ2v) is 4.44. The molecule has 0 saturated carbocycles. The number of amides is 1. The predicted molar refractivity (Wildman–Crippen MR) is 73.8 cm³/mol. The van der Waals surface area contributed by atoms with Gasteiger partial charge >= 0.3 is 5.97 Å². The van der Waals surface area contributed by atoms with Crippen LogP contribution >= 0.6 is 11.6 Å². The van der Waals surface area contributed by atoms with Gasteiger partial charge < -0.3 is 10.4 Å². The van der Waals surface area contributed by atoms with Crippen molar-refractivity contribution in [3.8, 4) is 0 Å². The predicted octanol–water partition coefficient (Wildman–Crippen LogP) is 2.36. The van der Waals surface area contributed by atoms with Crippen molar-refractivity contribution < 1.29 is 14.7 Å². The summed E-state index contributed by atoms with van der Waals surface area (Å²) in [5.41, 5.74) is 1.43. The Balaban J connectivity index is 1.96. The van der Waals surface area contributed by atoms with Crippen molar-refractivity contribution in [3.05, 3.63) is 64.4 Å². The zero-order chi connectivity index (χ0) is 14.5. The SMILES string of the molecule is O=C(O)c1ccc(CNC(=O)c2ccc(Cl)nc2)cc1. The van der Waals surface area contributed by atoms with Crippen LogP contribution in [0.1, 0.15) is 26.3 Å². The molecule has 0 radical (unpaired) electrons. The average molecular weight is 291 g/mol. The van der Waals surface area contributed by atoms with Gasteiger partial charge in [0.1, 0.15) is 5.15 Å². The maximum atomic E-state index is 11.8. The van der Waals surface area contributed by atoms with Crippen molar-refractivity contribution in [1.82, 2.24) is 10.3 Å². The van der Waals surface area contributed by atoms with Crippen LogP contribution in [0.3, 0.4) is 0 Å². The van der Waals surface area contributed by atoms with E-state index >= 15 is 0 Å². The standard InChI is InChI=1S/C14H11ClN2O3/c15-12-6-5-11(8-16-12)13(18)17-7-9-1-3-10(4-2-9)14(19)20/h1-6,8H,7H2,(H,17,18)(H,19,20). The lowest BCUT2D eigenvalue weighted by molar-refractivity contribution is 0.0696. The number of hydrogen-bond donors (Lipinski definition) is 2. The Labute approximate surface area is 120 Å². The number of aromatic nitrogens is 1. The fourth-order valence-corrected chi connectivity index (χ4v) is 1.67. The van der Waals surface area contributed by atoms with Gasteiger partial charge in [0, 0.05) is 12.7 Å². The molecular weight excluding hydrogens is 280 g/mol. The Kier molecular flexibility index (Phi) is 4.32. The summed E-state index contributed by atoms with van der Waals surface area (Å²) < 4.78 is 0. The molecule has 0 spiro atoms. The maximum absolute atomic E-state index is 11.8. The van der Waals surface area contributed by atoms with Crippen LogP contribution in [0.4, 0.5) is 0 Å². The number of aromatic carboxylic acids is 1. The molecule has 2 N–H and O–H groups in total. The Bertz CT molecular complexity index is 624. The molecule has 0 saturated heterocycles. The van der Waals surface area contributed by atoms with Gasteiger partial charge in [-0.3, -0.25) is 4.79 Å². The lowest BCUT2D eigenvalue weighted by Gasteiger charge is -2.05. The highest BCUT2D eigenvalue weighted by molar-refractivity contribution is 6.29. The van der Waals surface area contributed by atoms with Crippen molar-refractivity contribution in [3.63, 3.8) is 0 Å². The molecule has 0 aliphatic rings. The van der Waals surface area contributed by atoms with Gasteiger partial charge in [0.25, 0.3) is 5.91 Å². The van der Waals surface area contributed by atoms with E-state index in [0.717, 1.165) is 5.56 Å². The second-order valence-electron chi connectivity index (χ2n) is 4.05. The summed E-state index contributed by atoms with van der Waals surface area (Å²) in [6.45, 7) is 0.307. The van der Waals surface area contributed by atoms with Crippen molar-refractivity contribution >= 4 is 23.5 Å². The van der Waals surface area contributed by atoms with Crippen LogP contribution in [-0.2, 0) is 6.54 Å². The van der Waals surface area contributed by atoms with Crippen LogP contribution in [0.2, 0.25) is 5.15 Å². The van der Waals surface area contributed by atoms with Crippen molar-refractivity contribution in [2.45, 2.75) is 6.54 Å². The molecule has 0 atom stereocenters. The van der Waals surface area contributed by atoms with Crippen molar-refractivity contribution in [2.24, 2.45) is 0 Å². The minimum atomic E-state index is -0.979. The number of carboxylic acids is 1. The Hall–Kier alpha value is -2.40. The Morgan fingerprint density at radius 2 is 1.75 bits per heavy atom. The molecule has 1 heterocycles. The number of carboxylic acid groups (broad SMARTS) is 1. The smallest absolute Gasteiger partial charge is 0.335 e. The summed E-state index contributed by atoms with van der Waals surface area (Å²) >= 11 is 5.64. The third-order valence-electron chi connectivity index (χ3n) is 2.64. The second kappa shape index (κ2) is 6.16. The number of hydrogen-bond acceptors (Lipinski definition) is 3. The number of carbonyl (C=O) groups is 2. The molecule has 0 fully saturated rings. The van der Waals surface area contributed by atoms with Crippen LogP contribution in [0, 0.1) is 0 Å². The average Bonchev–Trinajstić information content (AvgIpc) is 2.46. The van der Waals surface area contributed by atoms with E-state index in [4.69, 9.17) is 16.7 Å². The number of benzene rings is 1. The summed E-state index contributed by atoms with van der Waals surface area (Å²) in [4.78, 5) is 26.3. The quantitative estimate of drug-likeness (QED) is 0.847. The monoisotopic (exact) mass is 290 g/mol. The van der Waals surface area contributed by atoms with Crippen LogP contribution in [0.15, 0.2) is 42.6 Å². The van der Waals surface area contributed by atoms with E-state index in [1.165, 1.54) is 24.4 Å². The molecule has 20 heavy (non-hydrogen) atoms. The Morgan fingerprint density at radius 3 is 2.30 bits per heavy atom. The van der Waals surface area contributed by atoms with E-state index in [-0.39, 0.29) is 11.5 Å². The van der Waals surface area contributed by atoms with Gasteiger partial charge in [0.2, 0.25) is 0 Å². The first-order valence-electron chi connectivity index (χ1n) is 5.78. The first-order chi connectivity index (χ1) is 9.56. The number of rotatable bonds is 4. The van der Waals surface area contributed by atoms with E-state index in [1.54, 1.807) is 18.2 Å². The summed E-state index contributed by atoms with van der Waals surface area (Å²) in [6, 6.07) is 9.42. The van der Waals surface area contributed by atoms with E-state index in [2.05, 4.69) is 10.3 Å². The Morgan fingerprint density at radius 1 is 1.10 bits per heavy atom. The maximum Gasteiger partial charge on any atom is 0.335 e. The van der Waals surface area contributed by atoms with Crippen LogP contribution < -0.4 is 5.32 Å². The molecular formula is C14H11ClN2O3. The lowest BCUT2D eigenvalue weighted by atomic mass is 10.1. The van der Waals surface area contributed by atoms with Crippen molar-refractivity contribution in [1.29, 1.82) is 0 Å². The molecule has 2 aromatic rings. The molecule has 2 rings (SSSR count). The highest BCUT2D eigenvalue weighted by Crippen LogP contribution is 2.07. The summed E-state index contributed by atoms with van der Waals surface area (Å²) in [7, 11) is 0. The molecule has 0 unspecified atom stereocenters. The normalized spacial score (nSPS) is 10.1. The van der Waals surface area contributed by atoms with E-state index < -0.39 is 5.97 Å². The zero-order valence-corrected chi connectivity index (χ0v) is 11.1. The summed E-state index contributed by atoms with van der Waals surface area (Å²) in [5.74, 6) is -1.25. The third kappa shape index (κ3) is 3.55. The molecule has 5 nitrogen and oxygen atoms in total. The highest BCUT2D eigenvalue weighted by atomic mass is 35.5. The molecule has 0 aliphatic heterocycles. The van der Waals surface area contributed by atoms with E-state index in [1.807, 2.05) is 0 Å². The zero-order valence-electron chi connectivity index (χ0n) is 10.3. The first kappa shape index (κ1) is 14.0. The minimum Gasteiger partial charge on any atom is -0.478 e. The fourth-order valence-electron chi connectivity index (χ4n) is 1.56. The van der Waals surface area contributed by atoms with Gasteiger partial charge in [-0.05, 0) is 29.8 Å². The third-order valence-corrected chi connectivity index (χ3v) is 2.87. The molecule has 102 valence electrons. The van der Waals surface area contributed by atoms with Gasteiger partial charge in [-0.15, -0.1) is 0 Å². The highest BCUT2D eigenvalue weighted by Gasteiger charge is 2.06. The minimum absolute atomic E-state index is 0.210. The van der Waals surface area contributed by atoms with Crippen LogP contribution in [0.5, 0.6) is 0 Å². The molecule has 1 amide bonds. The van der Waals surface area contributed by atoms with Crippen LogP contribution in [-0.4, -0.2) is 22.0 Å². The van der Waals surface area contributed by atoms with Gasteiger partial charge in [0.15, 0.2) is 0 Å². The number of nitrogens with zero attached hydrogens (tertiary/aromatic N) is 1.